The van der Waals surface area contributed by atoms with E-state index in [2.05, 4.69) is 10.2 Å². The van der Waals surface area contributed by atoms with Gasteiger partial charge in [-0.3, -0.25) is 4.90 Å². The Bertz CT molecular complexity index is 176. The molecule has 4 heteroatoms. The summed E-state index contributed by atoms with van der Waals surface area (Å²) in [6.45, 7) is 4.11. The van der Waals surface area contributed by atoms with Gasteiger partial charge in [-0.1, -0.05) is 0 Å². The lowest BCUT2D eigenvalue weighted by Crippen LogP contribution is -2.54. The van der Waals surface area contributed by atoms with Crippen LogP contribution in [0.5, 0.6) is 0 Å². The number of hydrogen-bond donors (Lipinski definition) is 2. The summed E-state index contributed by atoms with van der Waals surface area (Å²) in [6.07, 6.45) is 1.54. The molecule has 76 valence electrons. The van der Waals surface area contributed by atoms with Gasteiger partial charge >= 0.3 is 0 Å². The molecule has 1 unspecified atom stereocenters. The maximum Gasteiger partial charge on any atom is 0.172 e. The third-order valence-electron chi connectivity index (χ3n) is 3.19. The van der Waals surface area contributed by atoms with Gasteiger partial charge in [-0.05, 0) is 12.8 Å². The average Bonchev–Trinajstić information content (AvgIpc) is 2.99. The molecule has 0 aromatic carbocycles. The van der Waals surface area contributed by atoms with E-state index in [-0.39, 0.29) is 5.54 Å². The Morgan fingerprint density at radius 1 is 1.38 bits per heavy atom. The van der Waals surface area contributed by atoms with Crippen molar-refractivity contribution in [2.75, 3.05) is 33.3 Å². The molecular weight excluding hydrogens is 168 g/mol. The van der Waals surface area contributed by atoms with E-state index >= 15 is 0 Å². The third-order valence-corrected chi connectivity index (χ3v) is 3.19. The van der Waals surface area contributed by atoms with Crippen LogP contribution in [0.15, 0.2) is 0 Å². The van der Waals surface area contributed by atoms with Gasteiger partial charge in [0.1, 0.15) is 0 Å². The van der Waals surface area contributed by atoms with Gasteiger partial charge in [0.15, 0.2) is 6.29 Å². The van der Waals surface area contributed by atoms with Gasteiger partial charge in [0.2, 0.25) is 0 Å². The lowest BCUT2D eigenvalue weighted by Gasteiger charge is -2.37. The third kappa shape index (κ3) is 1.59. The molecule has 1 saturated heterocycles. The molecule has 1 heterocycles. The van der Waals surface area contributed by atoms with E-state index in [1.54, 1.807) is 7.11 Å². The summed E-state index contributed by atoms with van der Waals surface area (Å²) in [5.74, 6) is 0. The van der Waals surface area contributed by atoms with Gasteiger partial charge in [-0.25, -0.2) is 0 Å². The van der Waals surface area contributed by atoms with Crippen molar-refractivity contribution >= 4 is 0 Å². The number of rotatable bonds is 3. The summed E-state index contributed by atoms with van der Waals surface area (Å²) < 4.78 is 5.02. The summed E-state index contributed by atoms with van der Waals surface area (Å²) in [5, 5.41) is 13.0. The fraction of sp³-hybridized carbons (Fsp3) is 1.00. The molecule has 1 aliphatic heterocycles. The molecule has 0 bridgehead atoms. The molecule has 0 radical (unpaired) electrons. The number of aliphatic hydroxyl groups excluding tert-OH is 1. The molecule has 2 aliphatic rings. The summed E-state index contributed by atoms with van der Waals surface area (Å²) in [6, 6.07) is 0. The van der Waals surface area contributed by atoms with Gasteiger partial charge in [-0.15, -0.1) is 0 Å². The number of ether oxygens (including phenoxy) is 1. The number of nitrogens with zero attached hydrogens (tertiary/aromatic N) is 1. The first-order valence-electron chi connectivity index (χ1n) is 4.96. The lowest BCUT2D eigenvalue weighted by molar-refractivity contribution is -0.138. The van der Waals surface area contributed by atoms with Crippen molar-refractivity contribution < 1.29 is 9.84 Å². The van der Waals surface area contributed by atoms with Crippen LogP contribution < -0.4 is 5.32 Å². The van der Waals surface area contributed by atoms with Crippen molar-refractivity contribution in [3.05, 3.63) is 0 Å². The first-order chi connectivity index (χ1) is 6.29. The Morgan fingerprint density at radius 3 is 2.46 bits per heavy atom. The Morgan fingerprint density at radius 2 is 2.00 bits per heavy atom. The first-order valence-corrected chi connectivity index (χ1v) is 4.96. The van der Waals surface area contributed by atoms with E-state index in [0.29, 0.717) is 0 Å². The van der Waals surface area contributed by atoms with Crippen molar-refractivity contribution in [2.45, 2.75) is 24.7 Å². The largest absolute Gasteiger partial charge is 0.366 e. The summed E-state index contributed by atoms with van der Waals surface area (Å²) in [5.41, 5.74) is -0.0448. The van der Waals surface area contributed by atoms with Crippen LogP contribution in [0.3, 0.4) is 0 Å². The fourth-order valence-electron chi connectivity index (χ4n) is 2.18. The van der Waals surface area contributed by atoms with E-state index in [9.17, 15) is 5.11 Å². The molecule has 0 spiro atoms. The van der Waals surface area contributed by atoms with E-state index < -0.39 is 6.29 Å². The maximum absolute atomic E-state index is 9.72. The van der Waals surface area contributed by atoms with Crippen LogP contribution >= 0.6 is 0 Å². The zero-order valence-electron chi connectivity index (χ0n) is 8.12. The highest BCUT2D eigenvalue weighted by Gasteiger charge is 2.54. The second kappa shape index (κ2) is 3.53. The minimum Gasteiger partial charge on any atom is -0.366 e. The molecule has 0 amide bonds. The molecule has 1 saturated carbocycles. The number of methoxy groups -OCH3 is 1. The van der Waals surface area contributed by atoms with E-state index in [4.69, 9.17) is 4.74 Å². The zero-order chi connectivity index (χ0) is 9.31. The Labute approximate surface area is 78.9 Å². The van der Waals surface area contributed by atoms with Gasteiger partial charge in [-0.2, -0.15) is 0 Å². The molecule has 4 nitrogen and oxygen atoms in total. The second-order valence-corrected chi connectivity index (χ2v) is 3.93. The molecule has 2 N–H and O–H groups in total. The van der Waals surface area contributed by atoms with Crippen LogP contribution in [-0.4, -0.2) is 55.1 Å². The Hall–Kier alpha value is -0.160. The molecule has 13 heavy (non-hydrogen) atoms. The van der Waals surface area contributed by atoms with Crippen molar-refractivity contribution in [3.8, 4) is 0 Å². The number of piperazine rings is 1. The summed E-state index contributed by atoms with van der Waals surface area (Å²) in [7, 11) is 1.58. The van der Waals surface area contributed by atoms with E-state index in [1.807, 2.05) is 0 Å². The highest BCUT2D eigenvalue weighted by Crippen LogP contribution is 2.44. The SMILES string of the molecule is COC(O)C1(N2CCNCC2)CC1. The molecule has 1 aliphatic carbocycles. The minimum absolute atomic E-state index is 0.0448. The molecular formula is C9H18N2O2. The quantitative estimate of drug-likeness (QED) is 0.577. The Kier molecular flexibility index (Phi) is 2.55. The normalized spacial score (nSPS) is 30.0. The maximum atomic E-state index is 9.72. The highest BCUT2D eigenvalue weighted by molar-refractivity contribution is 5.06. The molecule has 2 rings (SSSR count). The van der Waals surface area contributed by atoms with Crippen LogP contribution in [0.2, 0.25) is 0 Å². The monoisotopic (exact) mass is 186 g/mol. The van der Waals surface area contributed by atoms with Crippen molar-refractivity contribution in [3.63, 3.8) is 0 Å². The minimum atomic E-state index is -0.606. The van der Waals surface area contributed by atoms with Gasteiger partial charge in [0.25, 0.3) is 0 Å². The smallest absolute Gasteiger partial charge is 0.172 e. The zero-order valence-corrected chi connectivity index (χ0v) is 8.12. The topological polar surface area (TPSA) is 44.7 Å². The van der Waals surface area contributed by atoms with Crippen LogP contribution in [0.25, 0.3) is 0 Å². The van der Waals surface area contributed by atoms with Crippen LogP contribution in [0.1, 0.15) is 12.8 Å². The molecule has 0 aromatic heterocycles. The first kappa shape index (κ1) is 9.40. The van der Waals surface area contributed by atoms with E-state index in [1.165, 1.54) is 0 Å². The van der Waals surface area contributed by atoms with Crippen molar-refractivity contribution in [1.82, 2.24) is 10.2 Å². The van der Waals surface area contributed by atoms with Gasteiger partial charge < -0.3 is 15.2 Å². The lowest BCUT2D eigenvalue weighted by atomic mass is 10.2. The molecule has 2 fully saturated rings. The van der Waals surface area contributed by atoms with Crippen LogP contribution in [-0.2, 0) is 4.74 Å². The van der Waals surface area contributed by atoms with E-state index in [0.717, 1.165) is 39.0 Å². The highest BCUT2D eigenvalue weighted by atomic mass is 16.6. The fourth-order valence-corrected chi connectivity index (χ4v) is 2.18. The molecule has 0 aromatic rings. The number of nitrogens with one attached hydrogen (secondary N) is 1. The summed E-state index contributed by atoms with van der Waals surface area (Å²) in [4.78, 5) is 2.36. The predicted molar refractivity (Wildman–Crippen MR) is 49.4 cm³/mol. The average molecular weight is 186 g/mol. The Balaban J connectivity index is 1.97. The van der Waals surface area contributed by atoms with Gasteiger partial charge in [0, 0.05) is 33.3 Å². The number of aliphatic hydroxyl groups is 1. The van der Waals surface area contributed by atoms with Crippen LogP contribution in [0.4, 0.5) is 0 Å². The molecule has 1 atom stereocenters. The van der Waals surface area contributed by atoms with Crippen molar-refractivity contribution in [1.29, 1.82) is 0 Å². The predicted octanol–water partition coefficient (Wildman–Crippen LogP) is -0.611. The van der Waals surface area contributed by atoms with Crippen molar-refractivity contribution in [2.24, 2.45) is 0 Å². The summed E-state index contributed by atoms with van der Waals surface area (Å²) >= 11 is 0. The van der Waals surface area contributed by atoms with Crippen LogP contribution in [0, 0.1) is 0 Å². The standard InChI is InChI=1S/C9H18N2O2/c1-13-8(12)9(2-3-9)11-6-4-10-5-7-11/h8,10,12H,2-7H2,1H3. The number of hydrogen-bond acceptors (Lipinski definition) is 4. The van der Waals surface area contributed by atoms with Gasteiger partial charge in [0.05, 0.1) is 5.54 Å². The second-order valence-electron chi connectivity index (χ2n) is 3.93.